The van der Waals surface area contributed by atoms with Gasteiger partial charge in [0.15, 0.2) is 0 Å². The number of ether oxygens (including phenoxy) is 2. The molecular weight excluding hydrogens is 213 g/mol. The van der Waals surface area contributed by atoms with Crippen LogP contribution in [0.5, 0.6) is 0 Å². The Hall–Kier alpha value is -0.840. The minimum atomic E-state index is -0.957. The van der Waals surface area contributed by atoms with Crippen LogP contribution < -0.4 is 0 Å². The second-order valence-electron chi connectivity index (χ2n) is 5.40. The van der Waals surface area contributed by atoms with Crippen LogP contribution >= 0.6 is 0 Å². The Labute approximate surface area is 94.7 Å². The van der Waals surface area contributed by atoms with Gasteiger partial charge < -0.3 is 9.47 Å². The molecule has 2 rings (SSSR count). The van der Waals surface area contributed by atoms with E-state index < -0.39 is 17.9 Å². The first-order valence-electron chi connectivity index (χ1n) is 5.62. The van der Waals surface area contributed by atoms with Gasteiger partial charge in [0.05, 0.1) is 19.2 Å². The molecule has 0 spiro atoms. The van der Waals surface area contributed by atoms with Gasteiger partial charge in [-0.05, 0) is 20.8 Å². The lowest BCUT2D eigenvalue weighted by molar-refractivity contribution is 0.0197. The third-order valence-corrected chi connectivity index (χ3v) is 2.71. The molecule has 2 heterocycles. The number of alkyl halides is 1. The fraction of sp³-hybridized carbons (Fsp3) is 0.909. The number of hydrogen-bond donors (Lipinski definition) is 0. The van der Waals surface area contributed by atoms with Gasteiger partial charge in [0, 0.05) is 6.42 Å². The third-order valence-electron chi connectivity index (χ3n) is 2.71. The number of amides is 1. The lowest BCUT2D eigenvalue weighted by atomic mass is 10.1. The van der Waals surface area contributed by atoms with Crippen LogP contribution in [0, 0.1) is 0 Å². The monoisotopic (exact) mass is 231 g/mol. The largest absolute Gasteiger partial charge is 0.444 e. The van der Waals surface area contributed by atoms with E-state index in [0.717, 1.165) is 0 Å². The standard InChI is InChI=1S/C11H18FNO3/c1-11(2,3)16-10(14)13-5-7(12)4-8(13)9-6-15-9/h7-9H,4-6H2,1-3H3/t7-,8?,9-/m1/s1. The lowest BCUT2D eigenvalue weighted by Crippen LogP contribution is -2.42. The number of halogens is 1. The molecular formula is C11H18FNO3. The van der Waals surface area contributed by atoms with Crippen molar-refractivity contribution in [1.82, 2.24) is 4.90 Å². The summed E-state index contributed by atoms with van der Waals surface area (Å²) in [7, 11) is 0. The highest BCUT2D eigenvalue weighted by Gasteiger charge is 2.46. The Morgan fingerprint density at radius 3 is 2.62 bits per heavy atom. The number of likely N-dealkylation sites (tertiary alicyclic amines) is 1. The number of carbonyl (C=O) groups is 1. The van der Waals surface area contributed by atoms with Crippen LogP contribution in [0.3, 0.4) is 0 Å². The molecule has 2 aliphatic heterocycles. The van der Waals surface area contributed by atoms with Crippen molar-refractivity contribution < 1.29 is 18.7 Å². The summed E-state index contributed by atoms with van der Waals surface area (Å²) in [5, 5.41) is 0. The van der Waals surface area contributed by atoms with Gasteiger partial charge >= 0.3 is 6.09 Å². The molecule has 4 nitrogen and oxygen atoms in total. The summed E-state index contributed by atoms with van der Waals surface area (Å²) in [6.45, 7) is 6.15. The van der Waals surface area contributed by atoms with Crippen molar-refractivity contribution in [2.75, 3.05) is 13.2 Å². The number of rotatable bonds is 1. The molecule has 0 aliphatic carbocycles. The average Bonchev–Trinajstić information content (AvgIpc) is 2.87. The Kier molecular flexibility index (Phi) is 2.82. The summed E-state index contributed by atoms with van der Waals surface area (Å²) in [4.78, 5) is 13.3. The average molecular weight is 231 g/mol. The summed E-state index contributed by atoms with van der Waals surface area (Å²) in [5.74, 6) is 0. The molecule has 2 aliphatic rings. The molecule has 2 saturated heterocycles. The van der Waals surface area contributed by atoms with Crippen LogP contribution in [-0.4, -0.2) is 48.1 Å². The zero-order valence-electron chi connectivity index (χ0n) is 9.90. The van der Waals surface area contributed by atoms with Crippen LogP contribution in [-0.2, 0) is 9.47 Å². The van der Waals surface area contributed by atoms with Crippen molar-refractivity contribution in [3.63, 3.8) is 0 Å². The van der Waals surface area contributed by atoms with Crippen molar-refractivity contribution in [3.8, 4) is 0 Å². The molecule has 0 radical (unpaired) electrons. The highest BCUT2D eigenvalue weighted by atomic mass is 19.1. The smallest absolute Gasteiger partial charge is 0.410 e. The first-order chi connectivity index (χ1) is 7.37. The van der Waals surface area contributed by atoms with Gasteiger partial charge in [-0.2, -0.15) is 0 Å². The van der Waals surface area contributed by atoms with Crippen molar-refractivity contribution in [2.45, 2.75) is 51.1 Å². The summed E-state index contributed by atoms with van der Waals surface area (Å²) in [5.41, 5.74) is -0.541. The first kappa shape index (κ1) is 11.6. The zero-order valence-corrected chi connectivity index (χ0v) is 9.90. The van der Waals surface area contributed by atoms with E-state index >= 15 is 0 Å². The summed E-state index contributed by atoms with van der Waals surface area (Å²) in [6, 6.07) is -0.148. The fourth-order valence-corrected chi connectivity index (χ4v) is 1.97. The molecule has 0 aromatic heterocycles. The van der Waals surface area contributed by atoms with E-state index in [1.54, 1.807) is 20.8 Å². The van der Waals surface area contributed by atoms with Gasteiger partial charge in [-0.15, -0.1) is 0 Å². The highest BCUT2D eigenvalue weighted by molar-refractivity contribution is 5.69. The second kappa shape index (κ2) is 3.87. The summed E-state index contributed by atoms with van der Waals surface area (Å²) in [6.07, 6.45) is -1.02. The molecule has 1 unspecified atom stereocenters. The molecule has 0 saturated carbocycles. The fourth-order valence-electron chi connectivity index (χ4n) is 1.97. The van der Waals surface area contributed by atoms with Crippen molar-refractivity contribution in [2.24, 2.45) is 0 Å². The minimum Gasteiger partial charge on any atom is -0.444 e. The van der Waals surface area contributed by atoms with E-state index in [1.807, 2.05) is 0 Å². The Balaban J connectivity index is 1.98. The second-order valence-corrected chi connectivity index (χ2v) is 5.40. The molecule has 0 bridgehead atoms. The van der Waals surface area contributed by atoms with Gasteiger partial charge in [0.2, 0.25) is 0 Å². The number of hydrogen-bond acceptors (Lipinski definition) is 3. The molecule has 0 N–H and O–H groups in total. The van der Waals surface area contributed by atoms with Gasteiger partial charge in [0.25, 0.3) is 0 Å². The van der Waals surface area contributed by atoms with Crippen molar-refractivity contribution in [3.05, 3.63) is 0 Å². The van der Waals surface area contributed by atoms with Crippen molar-refractivity contribution in [1.29, 1.82) is 0 Å². The number of epoxide rings is 1. The molecule has 0 aromatic carbocycles. The Bertz CT molecular complexity index is 285. The predicted octanol–water partition coefficient (Wildman–Crippen LogP) is 1.73. The van der Waals surface area contributed by atoms with Crippen LogP contribution in [0.1, 0.15) is 27.2 Å². The maximum Gasteiger partial charge on any atom is 0.410 e. The quantitative estimate of drug-likeness (QED) is 0.645. The van der Waals surface area contributed by atoms with Gasteiger partial charge in [-0.25, -0.2) is 9.18 Å². The zero-order chi connectivity index (χ0) is 11.9. The summed E-state index contributed by atoms with van der Waals surface area (Å²) >= 11 is 0. The highest BCUT2D eigenvalue weighted by Crippen LogP contribution is 2.31. The van der Waals surface area contributed by atoms with Crippen LogP contribution in [0.15, 0.2) is 0 Å². The third kappa shape index (κ3) is 2.64. The van der Waals surface area contributed by atoms with E-state index in [9.17, 15) is 9.18 Å². The maximum absolute atomic E-state index is 13.3. The number of carbonyl (C=O) groups excluding carboxylic acids is 1. The molecule has 16 heavy (non-hydrogen) atoms. The predicted molar refractivity (Wildman–Crippen MR) is 56.0 cm³/mol. The normalized spacial score (nSPS) is 34.0. The van der Waals surface area contributed by atoms with Crippen LogP contribution in [0.25, 0.3) is 0 Å². The van der Waals surface area contributed by atoms with Gasteiger partial charge in [0.1, 0.15) is 17.9 Å². The molecule has 1 amide bonds. The SMILES string of the molecule is CC(C)(C)OC(=O)N1C[C@H](F)CC1[C@H]1CO1. The van der Waals surface area contributed by atoms with Gasteiger partial charge in [-0.3, -0.25) is 4.90 Å². The van der Waals surface area contributed by atoms with Crippen LogP contribution in [0.2, 0.25) is 0 Å². The molecule has 2 fully saturated rings. The molecule has 92 valence electrons. The van der Waals surface area contributed by atoms with E-state index in [2.05, 4.69) is 0 Å². The van der Waals surface area contributed by atoms with Crippen molar-refractivity contribution >= 4 is 6.09 Å². The first-order valence-corrected chi connectivity index (χ1v) is 5.62. The Morgan fingerprint density at radius 1 is 1.50 bits per heavy atom. The minimum absolute atomic E-state index is 0.00766. The van der Waals surface area contributed by atoms with E-state index in [1.165, 1.54) is 4.90 Å². The molecule has 0 aromatic rings. The van der Waals surface area contributed by atoms with Crippen LogP contribution in [0.4, 0.5) is 9.18 Å². The lowest BCUT2D eigenvalue weighted by Gasteiger charge is -2.27. The Morgan fingerprint density at radius 2 is 2.12 bits per heavy atom. The maximum atomic E-state index is 13.3. The summed E-state index contributed by atoms with van der Waals surface area (Å²) < 4.78 is 23.7. The topological polar surface area (TPSA) is 42.1 Å². The van der Waals surface area contributed by atoms with Gasteiger partial charge in [-0.1, -0.05) is 0 Å². The number of nitrogens with zero attached hydrogens (tertiary/aromatic N) is 1. The van der Waals surface area contributed by atoms with E-state index in [0.29, 0.717) is 13.0 Å². The molecule has 3 atom stereocenters. The molecule has 5 heteroatoms. The van der Waals surface area contributed by atoms with E-state index in [-0.39, 0.29) is 18.7 Å². The van der Waals surface area contributed by atoms with E-state index in [4.69, 9.17) is 9.47 Å².